The van der Waals surface area contributed by atoms with Crippen LogP contribution in [0.4, 0.5) is 8.78 Å². The lowest BCUT2D eigenvalue weighted by Gasteiger charge is -2.63. The monoisotopic (exact) mass is 596 g/mol. The molecule has 4 aliphatic carbocycles. The summed E-state index contributed by atoms with van der Waals surface area (Å²) in [5, 5.41) is 26.3. The Morgan fingerprint density at radius 3 is 2.71 bits per heavy atom. The lowest BCUT2D eigenvalue weighted by Crippen LogP contribution is -2.70. The van der Waals surface area contributed by atoms with Crippen molar-refractivity contribution < 1.29 is 33.4 Å². The Bertz CT molecular complexity index is 1510. The maximum atomic E-state index is 17.5. The molecule has 2 N–H and O–H groups in total. The van der Waals surface area contributed by atoms with E-state index in [1.54, 1.807) is 12.0 Å². The van der Waals surface area contributed by atoms with Gasteiger partial charge in [0.2, 0.25) is 0 Å². The molecule has 0 unspecified atom stereocenters. The summed E-state index contributed by atoms with van der Waals surface area (Å²) in [5.74, 6) is -2.70. The molecule has 5 aliphatic rings. The van der Waals surface area contributed by atoms with Crippen LogP contribution in [-0.2, 0) is 21.0 Å². The molecule has 0 radical (unpaired) electrons. The summed E-state index contributed by atoms with van der Waals surface area (Å²) in [6, 6.07) is 9.82. The lowest BCUT2D eigenvalue weighted by molar-refractivity contribution is -0.269. The number of rotatable bonds is 5. The van der Waals surface area contributed by atoms with Gasteiger partial charge >= 0.3 is 0 Å². The highest BCUT2D eigenvalue weighted by Gasteiger charge is 2.79. The number of nitrogens with zero attached hydrogens (tertiary/aromatic N) is 2. The minimum atomic E-state index is -2.24. The van der Waals surface area contributed by atoms with Gasteiger partial charge in [0, 0.05) is 40.2 Å². The first-order chi connectivity index (χ1) is 20.0. The third-order valence-corrected chi connectivity index (χ3v) is 12.1. The molecule has 222 valence electrons. The highest BCUT2D eigenvalue weighted by molar-refractivity contribution is 7.13. The number of Topliss-reactive ketones (excluding diaryl/α,β-unsaturated/α-hetero) is 1. The third-order valence-electron chi connectivity index (χ3n) is 11.1. The number of fused-ring (bicyclic) bond motifs is 7. The number of hydroxylamine groups is 2. The second-order valence-corrected chi connectivity index (χ2v) is 13.9. The van der Waals surface area contributed by atoms with Crippen molar-refractivity contribution in [2.45, 2.75) is 63.2 Å². The van der Waals surface area contributed by atoms with E-state index in [-0.39, 0.29) is 24.3 Å². The minimum absolute atomic E-state index is 0.0660. The summed E-state index contributed by atoms with van der Waals surface area (Å²) in [4.78, 5) is 37.1. The molecule has 0 spiro atoms. The summed E-state index contributed by atoms with van der Waals surface area (Å²) >= 11 is 1.51. The normalized spacial score (nSPS) is 42.5. The van der Waals surface area contributed by atoms with Gasteiger partial charge in [0.05, 0.1) is 18.3 Å². The van der Waals surface area contributed by atoms with Crippen LogP contribution in [0, 0.1) is 28.6 Å². The molecule has 0 bridgehead atoms. The average molecular weight is 597 g/mol. The van der Waals surface area contributed by atoms with Gasteiger partial charge in [-0.15, -0.1) is 11.3 Å². The fourth-order valence-corrected chi connectivity index (χ4v) is 10.1. The lowest BCUT2D eigenvalue weighted by atomic mass is 9.44. The fraction of sp³-hybridized carbons (Fsp3) is 0.531. The highest BCUT2D eigenvalue weighted by atomic mass is 32.1. The molecule has 1 aliphatic heterocycles. The number of benzene rings is 1. The topological polar surface area (TPSA) is 100.0 Å². The van der Waals surface area contributed by atoms with Gasteiger partial charge in [-0.1, -0.05) is 43.3 Å². The highest BCUT2D eigenvalue weighted by Crippen LogP contribution is 2.72. The van der Waals surface area contributed by atoms with Crippen LogP contribution >= 0.6 is 11.3 Å². The van der Waals surface area contributed by atoms with E-state index in [9.17, 15) is 19.8 Å². The van der Waals surface area contributed by atoms with Crippen molar-refractivity contribution in [2.75, 3.05) is 13.2 Å². The third kappa shape index (κ3) is 3.53. The number of carbonyl (C=O) groups excluding carboxylic acids is 2. The molecule has 10 heteroatoms. The van der Waals surface area contributed by atoms with E-state index in [1.165, 1.54) is 29.6 Å². The molecule has 2 aromatic rings. The van der Waals surface area contributed by atoms with Gasteiger partial charge in [0.25, 0.3) is 0 Å². The molecule has 7 nitrogen and oxygen atoms in total. The Hall–Kier alpha value is -2.63. The molecular weight excluding hydrogens is 562 g/mol. The number of allylic oxidation sites excluding steroid dienone is 4. The molecule has 1 aromatic carbocycles. The Kier molecular flexibility index (Phi) is 6.32. The van der Waals surface area contributed by atoms with Crippen molar-refractivity contribution in [3.8, 4) is 10.6 Å². The van der Waals surface area contributed by atoms with Gasteiger partial charge in [-0.2, -0.15) is 5.06 Å². The van der Waals surface area contributed by atoms with E-state index >= 15 is 8.78 Å². The number of ketones is 2. The van der Waals surface area contributed by atoms with Crippen LogP contribution in [-0.4, -0.2) is 68.5 Å². The molecule has 1 saturated heterocycles. The first-order valence-corrected chi connectivity index (χ1v) is 15.4. The summed E-state index contributed by atoms with van der Waals surface area (Å²) in [6.07, 6.45) is 0.824. The van der Waals surface area contributed by atoms with E-state index in [4.69, 9.17) is 9.82 Å². The zero-order valence-electron chi connectivity index (χ0n) is 23.5. The van der Waals surface area contributed by atoms with Crippen molar-refractivity contribution in [3.63, 3.8) is 0 Å². The number of aliphatic hydroxyl groups is 2. The van der Waals surface area contributed by atoms with Gasteiger partial charge in [-0.3, -0.25) is 14.4 Å². The summed E-state index contributed by atoms with van der Waals surface area (Å²) < 4.78 is 33.3. The average Bonchev–Trinajstić information content (AvgIpc) is 3.65. The van der Waals surface area contributed by atoms with Crippen LogP contribution in [0.15, 0.2) is 59.5 Å². The van der Waals surface area contributed by atoms with Crippen molar-refractivity contribution in [1.82, 2.24) is 10.0 Å². The standard InChI is InChI=1S/C32H34F2N2O5S/c1-29-9-8-21(38)11-24(29)25(33)12-23-22-10-19-14-36(15-20-17-42-28(35-20)18-6-4-3-5-7-18)41-32(19,27(40)16-37)30(22,2)13-26(39)31(23,29)34/h3-9,11,17,19,22-23,25-26,37,39H,10,12-16H2,1-2H3/t19-,22-,23-,25-,26-,29-,30-,31-,32-/m0/s1. The Morgan fingerprint density at radius 1 is 1.21 bits per heavy atom. The number of hydrogen-bond acceptors (Lipinski definition) is 8. The predicted molar refractivity (Wildman–Crippen MR) is 151 cm³/mol. The number of thiazole rings is 1. The largest absolute Gasteiger partial charge is 0.390 e. The first kappa shape index (κ1) is 28.2. The molecule has 2 heterocycles. The van der Waals surface area contributed by atoms with Crippen molar-refractivity contribution in [2.24, 2.45) is 28.6 Å². The van der Waals surface area contributed by atoms with E-state index < -0.39 is 64.4 Å². The van der Waals surface area contributed by atoms with Crippen LogP contribution in [0.2, 0.25) is 0 Å². The number of hydrogen-bond donors (Lipinski definition) is 2. The molecule has 42 heavy (non-hydrogen) atoms. The fourth-order valence-electron chi connectivity index (χ4n) is 9.31. The summed E-state index contributed by atoms with van der Waals surface area (Å²) in [6.45, 7) is 3.30. The van der Waals surface area contributed by atoms with Gasteiger partial charge < -0.3 is 10.2 Å². The van der Waals surface area contributed by atoms with Crippen LogP contribution in [0.5, 0.6) is 0 Å². The minimum Gasteiger partial charge on any atom is -0.390 e. The van der Waals surface area contributed by atoms with Crippen LogP contribution < -0.4 is 0 Å². The van der Waals surface area contributed by atoms with Crippen molar-refractivity contribution >= 4 is 22.9 Å². The smallest absolute Gasteiger partial charge is 0.192 e. The number of carbonyl (C=O) groups is 2. The van der Waals surface area contributed by atoms with Gasteiger partial charge in [-0.05, 0) is 49.8 Å². The van der Waals surface area contributed by atoms with Crippen LogP contribution in [0.3, 0.4) is 0 Å². The van der Waals surface area contributed by atoms with Crippen molar-refractivity contribution in [1.29, 1.82) is 0 Å². The zero-order valence-corrected chi connectivity index (χ0v) is 24.3. The molecule has 7 rings (SSSR count). The number of aliphatic hydroxyl groups excluding tert-OH is 2. The SMILES string of the molecule is C[C@]12C=CC(=O)C=C1[C@@H](F)C[C@H]1[C@@H]3C[C@H]4CN(Cc5csc(-c6ccccc6)n5)O[C@@]4(C(=O)CO)[C@@]3(C)C[C@H](O)[C@@]12F. The Morgan fingerprint density at radius 2 is 1.98 bits per heavy atom. The predicted octanol–water partition coefficient (Wildman–Crippen LogP) is 4.40. The van der Waals surface area contributed by atoms with Crippen LogP contribution in [0.1, 0.15) is 38.8 Å². The zero-order chi connectivity index (χ0) is 29.7. The molecule has 4 fully saturated rings. The Labute approximate surface area is 246 Å². The molecule has 3 saturated carbocycles. The van der Waals surface area contributed by atoms with Gasteiger partial charge in [-0.25, -0.2) is 13.8 Å². The molecule has 0 amide bonds. The molecule has 9 atom stereocenters. The number of aromatic nitrogens is 1. The number of halogens is 2. The van der Waals surface area contributed by atoms with E-state index in [0.717, 1.165) is 16.3 Å². The Balaban J connectivity index is 1.22. The maximum absolute atomic E-state index is 17.5. The van der Waals surface area contributed by atoms with E-state index in [0.29, 0.717) is 19.5 Å². The second kappa shape index (κ2) is 9.43. The van der Waals surface area contributed by atoms with Gasteiger partial charge in [0.15, 0.2) is 22.8 Å². The van der Waals surface area contributed by atoms with Crippen molar-refractivity contribution in [3.05, 3.63) is 65.2 Å². The van der Waals surface area contributed by atoms with E-state index in [2.05, 4.69) is 0 Å². The number of alkyl halides is 2. The second-order valence-electron chi connectivity index (χ2n) is 13.0. The van der Waals surface area contributed by atoms with Crippen LogP contribution in [0.25, 0.3) is 10.6 Å². The summed E-state index contributed by atoms with van der Waals surface area (Å²) in [5.41, 5.74) is -4.44. The molecule has 1 aromatic heterocycles. The van der Waals surface area contributed by atoms with E-state index in [1.807, 2.05) is 42.6 Å². The maximum Gasteiger partial charge on any atom is 0.192 e. The quantitative estimate of drug-likeness (QED) is 0.528. The summed E-state index contributed by atoms with van der Waals surface area (Å²) in [7, 11) is 0. The molecular formula is C32H34F2N2O5S. The first-order valence-electron chi connectivity index (χ1n) is 14.5. The van der Waals surface area contributed by atoms with Gasteiger partial charge in [0.1, 0.15) is 17.8 Å².